The van der Waals surface area contributed by atoms with Crippen LogP contribution >= 0.6 is 0 Å². The van der Waals surface area contributed by atoms with Crippen molar-refractivity contribution in [3.63, 3.8) is 0 Å². The lowest BCUT2D eigenvalue weighted by atomic mass is 10.0. The number of nitrogens with two attached hydrogens (primary N) is 1. The molecule has 18 heavy (non-hydrogen) atoms. The summed E-state index contributed by atoms with van der Waals surface area (Å²) in [5.74, 6) is 5.62. The van der Waals surface area contributed by atoms with E-state index < -0.39 is 0 Å². The molecule has 0 aliphatic heterocycles. The largest absolute Gasteiger partial charge is 0.340 e. The molecule has 0 saturated carbocycles. The van der Waals surface area contributed by atoms with E-state index >= 15 is 0 Å². The molecule has 2 rings (SSSR count). The zero-order chi connectivity index (χ0) is 13.0. The highest BCUT2D eigenvalue weighted by Crippen LogP contribution is 2.16. The first kappa shape index (κ1) is 12.8. The molecule has 0 aliphatic rings. The van der Waals surface area contributed by atoms with Crippen molar-refractivity contribution in [2.45, 2.75) is 25.8 Å². The molecule has 1 aromatic heterocycles. The standard InChI is InChI=1S/C14H20N4/c1-3-11-4-6-12(7-5-11)8-13(17-15)14-9-18(2)10-16-14/h4-7,9-10,13,17H,3,8,15H2,1-2H3. The number of hydrazine groups is 1. The van der Waals surface area contributed by atoms with Crippen LogP contribution in [0, 0.1) is 0 Å². The third-order valence-electron chi connectivity index (χ3n) is 3.15. The molecule has 2 aromatic rings. The molecule has 96 valence electrons. The van der Waals surface area contributed by atoms with Crippen molar-refractivity contribution in [2.75, 3.05) is 0 Å². The normalized spacial score (nSPS) is 12.6. The van der Waals surface area contributed by atoms with Crippen LogP contribution in [0.2, 0.25) is 0 Å². The van der Waals surface area contributed by atoms with Crippen LogP contribution in [0.1, 0.15) is 29.8 Å². The molecule has 1 heterocycles. The highest BCUT2D eigenvalue weighted by Gasteiger charge is 2.12. The molecule has 0 saturated heterocycles. The first-order chi connectivity index (χ1) is 8.72. The zero-order valence-corrected chi connectivity index (χ0v) is 10.9. The highest BCUT2D eigenvalue weighted by atomic mass is 15.2. The summed E-state index contributed by atoms with van der Waals surface area (Å²) in [5, 5.41) is 0. The van der Waals surface area contributed by atoms with Gasteiger partial charge in [-0.05, 0) is 24.0 Å². The van der Waals surface area contributed by atoms with Crippen LogP contribution in [0.25, 0.3) is 0 Å². The Kier molecular flexibility index (Phi) is 4.12. The monoisotopic (exact) mass is 244 g/mol. The number of aryl methyl sites for hydroxylation is 2. The van der Waals surface area contributed by atoms with Crippen molar-refractivity contribution in [3.05, 3.63) is 53.6 Å². The average molecular weight is 244 g/mol. The minimum absolute atomic E-state index is 0.0543. The van der Waals surface area contributed by atoms with Gasteiger partial charge in [0.25, 0.3) is 0 Å². The van der Waals surface area contributed by atoms with Crippen LogP contribution in [0.5, 0.6) is 0 Å². The number of nitrogens with zero attached hydrogens (tertiary/aromatic N) is 2. The number of hydrogen-bond donors (Lipinski definition) is 2. The molecule has 4 heteroatoms. The number of imidazole rings is 1. The Hall–Kier alpha value is -1.65. The fraction of sp³-hybridized carbons (Fsp3) is 0.357. The van der Waals surface area contributed by atoms with E-state index in [9.17, 15) is 0 Å². The number of nitrogens with one attached hydrogen (secondary N) is 1. The van der Waals surface area contributed by atoms with Crippen LogP contribution in [0.15, 0.2) is 36.8 Å². The molecule has 1 atom stereocenters. The molecule has 4 nitrogen and oxygen atoms in total. The minimum Gasteiger partial charge on any atom is -0.340 e. The van der Waals surface area contributed by atoms with Gasteiger partial charge < -0.3 is 4.57 Å². The van der Waals surface area contributed by atoms with Gasteiger partial charge in [0.05, 0.1) is 18.1 Å². The Bertz CT molecular complexity index is 487. The van der Waals surface area contributed by atoms with Crippen molar-refractivity contribution < 1.29 is 0 Å². The lowest BCUT2D eigenvalue weighted by Crippen LogP contribution is -2.29. The maximum absolute atomic E-state index is 5.62. The molecule has 3 N–H and O–H groups in total. The second kappa shape index (κ2) is 5.80. The van der Waals surface area contributed by atoms with E-state index in [-0.39, 0.29) is 6.04 Å². The van der Waals surface area contributed by atoms with E-state index in [4.69, 9.17) is 5.84 Å². The third-order valence-corrected chi connectivity index (χ3v) is 3.15. The van der Waals surface area contributed by atoms with Gasteiger partial charge in [0.15, 0.2) is 0 Å². The number of benzene rings is 1. The molecule has 0 fully saturated rings. The molecular weight excluding hydrogens is 224 g/mol. The summed E-state index contributed by atoms with van der Waals surface area (Å²) in [7, 11) is 1.96. The van der Waals surface area contributed by atoms with Crippen molar-refractivity contribution in [1.29, 1.82) is 0 Å². The molecule has 0 aliphatic carbocycles. The Balaban J connectivity index is 2.10. The molecular formula is C14H20N4. The SMILES string of the molecule is CCc1ccc(CC(NN)c2cn(C)cn2)cc1. The second-order valence-corrected chi connectivity index (χ2v) is 4.56. The Morgan fingerprint density at radius 1 is 1.28 bits per heavy atom. The van der Waals surface area contributed by atoms with Gasteiger partial charge in [0, 0.05) is 13.2 Å². The molecule has 0 spiro atoms. The number of rotatable bonds is 5. The molecule has 1 aromatic carbocycles. The van der Waals surface area contributed by atoms with Crippen LogP contribution in [-0.2, 0) is 19.9 Å². The van der Waals surface area contributed by atoms with Gasteiger partial charge in [-0.1, -0.05) is 31.2 Å². The first-order valence-corrected chi connectivity index (χ1v) is 6.24. The summed E-state index contributed by atoms with van der Waals surface area (Å²) in [4.78, 5) is 4.34. The van der Waals surface area contributed by atoms with Crippen molar-refractivity contribution in [1.82, 2.24) is 15.0 Å². The number of hydrogen-bond acceptors (Lipinski definition) is 3. The Morgan fingerprint density at radius 3 is 2.44 bits per heavy atom. The van der Waals surface area contributed by atoms with E-state index in [1.165, 1.54) is 11.1 Å². The van der Waals surface area contributed by atoms with Gasteiger partial charge in [0.2, 0.25) is 0 Å². The van der Waals surface area contributed by atoms with Crippen LogP contribution in [-0.4, -0.2) is 9.55 Å². The third kappa shape index (κ3) is 2.97. The topological polar surface area (TPSA) is 55.9 Å². The van der Waals surface area contributed by atoms with Gasteiger partial charge in [-0.25, -0.2) is 4.98 Å². The fourth-order valence-corrected chi connectivity index (χ4v) is 2.01. The Morgan fingerprint density at radius 2 is 1.94 bits per heavy atom. The van der Waals surface area contributed by atoms with Crippen molar-refractivity contribution in [2.24, 2.45) is 12.9 Å². The van der Waals surface area contributed by atoms with Gasteiger partial charge in [-0.2, -0.15) is 0 Å². The molecule has 1 unspecified atom stereocenters. The van der Waals surface area contributed by atoms with E-state index in [2.05, 4.69) is 41.6 Å². The predicted octanol–water partition coefficient (Wildman–Crippen LogP) is 1.73. The molecule has 0 radical (unpaired) electrons. The lowest BCUT2D eigenvalue weighted by Gasteiger charge is -2.13. The molecule has 0 bridgehead atoms. The summed E-state index contributed by atoms with van der Waals surface area (Å²) >= 11 is 0. The fourth-order valence-electron chi connectivity index (χ4n) is 2.01. The van der Waals surface area contributed by atoms with Gasteiger partial charge in [0.1, 0.15) is 0 Å². The summed E-state index contributed by atoms with van der Waals surface area (Å²) in [6.45, 7) is 2.16. The summed E-state index contributed by atoms with van der Waals surface area (Å²) in [5.41, 5.74) is 6.42. The summed E-state index contributed by atoms with van der Waals surface area (Å²) in [6, 6.07) is 8.71. The summed E-state index contributed by atoms with van der Waals surface area (Å²) in [6.07, 6.45) is 5.70. The highest BCUT2D eigenvalue weighted by molar-refractivity contribution is 5.24. The smallest absolute Gasteiger partial charge is 0.0947 e. The number of aromatic nitrogens is 2. The summed E-state index contributed by atoms with van der Waals surface area (Å²) < 4.78 is 1.93. The van der Waals surface area contributed by atoms with Crippen molar-refractivity contribution in [3.8, 4) is 0 Å². The quantitative estimate of drug-likeness (QED) is 0.622. The van der Waals surface area contributed by atoms with Crippen LogP contribution in [0.3, 0.4) is 0 Å². The zero-order valence-electron chi connectivity index (χ0n) is 10.9. The van der Waals surface area contributed by atoms with Gasteiger partial charge >= 0.3 is 0 Å². The maximum Gasteiger partial charge on any atom is 0.0947 e. The van der Waals surface area contributed by atoms with Gasteiger partial charge in [-0.3, -0.25) is 11.3 Å². The molecule has 0 amide bonds. The lowest BCUT2D eigenvalue weighted by molar-refractivity contribution is 0.540. The minimum atomic E-state index is 0.0543. The van der Waals surface area contributed by atoms with Crippen LogP contribution < -0.4 is 11.3 Å². The van der Waals surface area contributed by atoms with Gasteiger partial charge in [-0.15, -0.1) is 0 Å². The van der Waals surface area contributed by atoms with E-state index in [1.54, 1.807) is 6.33 Å². The van der Waals surface area contributed by atoms with E-state index in [1.807, 2.05) is 17.8 Å². The average Bonchev–Trinajstić information content (AvgIpc) is 2.83. The van der Waals surface area contributed by atoms with Crippen LogP contribution in [0.4, 0.5) is 0 Å². The Labute approximate surface area is 108 Å². The first-order valence-electron chi connectivity index (χ1n) is 6.24. The maximum atomic E-state index is 5.62. The van der Waals surface area contributed by atoms with Crippen molar-refractivity contribution >= 4 is 0 Å². The predicted molar refractivity (Wildman–Crippen MR) is 72.8 cm³/mol. The second-order valence-electron chi connectivity index (χ2n) is 4.56. The van der Waals surface area contributed by atoms with E-state index in [0.29, 0.717) is 0 Å². The van der Waals surface area contributed by atoms with E-state index in [0.717, 1.165) is 18.5 Å².